The summed E-state index contributed by atoms with van der Waals surface area (Å²) in [6.07, 6.45) is 0. The molecule has 0 aliphatic carbocycles. The van der Waals surface area contributed by atoms with Crippen molar-refractivity contribution in [2.45, 2.75) is 13.0 Å². The Morgan fingerprint density at radius 3 is 2.65 bits per heavy atom. The number of carboxylic acids is 1. The number of rotatable bonds is 3. The summed E-state index contributed by atoms with van der Waals surface area (Å²) < 4.78 is 13.3. The highest BCUT2D eigenvalue weighted by Crippen LogP contribution is 2.24. The predicted molar refractivity (Wildman–Crippen MR) is 60.7 cm³/mol. The third kappa shape index (κ3) is 3.60. The molecule has 0 aliphatic heterocycles. The van der Waals surface area contributed by atoms with E-state index in [0.29, 0.717) is 0 Å². The SMILES string of the molecule is C[C@H](NC(=O)Nc1c(F)cccc1Cl)C(=O)O. The molecular formula is C10H10ClFN2O3. The van der Waals surface area contributed by atoms with Gasteiger partial charge in [0.15, 0.2) is 0 Å². The van der Waals surface area contributed by atoms with Gasteiger partial charge in [-0.05, 0) is 19.1 Å². The summed E-state index contributed by atoms with van der Waals surface area (Å²) in [6.45, 7) is 1.28. The molecule has 0 heterocycles. The highest BCUT2D eigenvalue weighted by molar-refractivity contribution is 6.33. The topological polar surface area (TPSA) is 78.4 Å². The maximum atomic E-state index is 13.3. The molecule has 0 unspecified atom stereocenters. The smallest absolute Gasteiger partial charge is 0.325 e. The Kier molecular flexibility index (Phi) is 4.28. The van der Waals surface area contributed by atoms with Gasteiger partial charge in [0.25, 0.3) is 0 Å². The van der Waals surface area contributed by atoms with E-state index < -0.39 is 23.9 Å². The van der Waals surface area contributed by atoms with Crippen LogP contribution in [0, 0.1) is 5.82 Å². The van der Waals surface area contributed by atoms with Crippen LogP contribution in [-0.2, 0) is 4.79 Å². The third-order valence-corrected chi connectivity index (χ3v) is 2.23. The first kappa shape index (κ1) is 13.2. The van der Waals surface area contributed by atoms with Crippen LogP contribution >= 0.6 is 11.6 Å². The van der Waals surface area contributed by atoms with Crippen LogP contribution in [0.5, 0.6) is 0 Å². The second kappa shape index (κ2) is 5.49. The van der Waals surface area contributed by atoms with Crippen LogP contribution in [0.1, 0.15) is 6.92 Å². The van der Waals surface area contributed by atoms with E-state index in [2.05, 4.69) is 10.6 Å². The molecule has 0 aliphatic rings. The number of benzene rings is 1. The molecule has 0 aromatic heterocycles. The van der Waals surface area contributed by atoms with Crippen molar-refractivity contribution >= 4 is 29.3 Å². The molecule has 0 radical (unpaired) electrons. The number of aliphatic carboxylic acids is 1. The van der Waals surface area contributed by atoms with Crippen LogP contribution < -0.4 is 10.6 Å². The standard InChI is InChI=1S/C10H10ClFN2O3/c1-5(9(15)16)13-10(17)14-8-6(11)3-2-4-7(8)12/h2-5H,1H3,(H,15,16)(H2,13,14,17)/t5-/m0/s1. The summed E-state index contributed by atoms with van der Waals surface area (Å²) in [5.74, 6) is -1.89. The number of carbonyl (C=O) groups is 2. The second-order valence-electron chi connectivity index (χ2n) is 3.26. The zero-order chi connectivity index (χ0) is 13.0. The number of para-hydroxylation sites is 1. The highest BCUT2D eigenvalue weighted by atomic mass is 35.5. The van der Waals surface area contributed by atoms with Crippen LogP contribution in [-0.4, -0.2) is 23.1 Å². The molecule has 0 saturated heterocycles. The van der Waals surface area contributed by atoms with Crippen molar-refractivity contribution < 1.29 is 19.1 Å². The van der Waals surface area contributed by atoms with Gasteiger partial charge in [-0.1, -0.05) is 17.7 Å². The van der Waals surface area contributed by atoms with Gasteiger partial charge in [0, 0.05) is 0 Å². The average molecular weight is 261 g/mol. The second-order valence-corrected chi connectivity index (χ2v) is 3.66. The zero-order valence-electron chi connectivity index (χ0n) is 8.83. The lowest BCUT2D eigenvalue weighted by atomic mass is 10.3. The maximum Gasteiger partial charge on any atom is 0.325 e. The first-order valence-corrected chi connectivity index (χ1v) is 5.04. The Morgan fingerprint density at radius 1 is 1.47 bits per heavy atom. The summed E-state index contributed by atoms with van der Waals surface area (Å²) in [6, 6.07) is 2.00. The fourth-order valence-electron chi connectivity index (χ4n) is 1.03. The van der Waals surface area contributed by atoms with Gasteiger partial charge in [0.1, 0.15) is 11.9 Å². The minimum Gasteiger partial charge on any atom is -0.480 e. The van der Waals surface area contributed by atoms with Crippen molar-refractivity contribution in [2.24, 2.45) is 0 Å². The largest absolute Gasteiger partial charge is 0.480 e. The van der Waals surface area contributed by atoms with Crippen molar-refractivity contribution in [2.75, 3.05) is 5.32 Å². The number of carbonyl (C=O) groups excluding carboxylic acids is 1. The van der Waals surface area contributed by atoms with Gasteiger partial charge in [-0.2, -0.15) is 0 Å². The van der Waals surface area contributed by atoms with Gasteiger partial charge in [0.2, 0.25) is 0 Å². The molecule has 1 aromatic rings. The number of halogens is 2. The summed E-state index contributed by atoms with van der Waals surface area (Å²) in [5, 5.41) is 12.8. The lowest BCUT2D eigenvalue weighted by molar-refractivity contribution is -0.138. The normalized spacial score (nSPS) is 11.7. The molecule has 2 amide bonds. The van der Waals surface area contributed by atoms with Crippen LogP contribution in [0.2, 0.25) is 5.02 Å². The van der Waals surface area contributed by atoms with Crippen LogP contribution in [0.25, 0.3) is 0 Å². The molecule has 92 valence electrons. The Bertz CT molecular complexity index is 433. The fourth-order valence-corrected chi connectivity index (χ4v) is 1.24. The number of anilines is 1. The van der Waals surface area contributed by atoms with Crippen molar-refractivity contribution in [3.8, 4) is 0 Å². The average Bonchev–Trinajstić information content (AvgIpc) is 2.23. The van der Waals surface area contributed by atoms with E-state index in [0.717, 1.165) is 6.07 Å². The van der Waals surface area contributed by atoms with Gasteiger partial charge in [-0.3, -0.25) is 4.79 Å². The molecule has 0 spiro atoms. The van der Waals surface area contributed by atoms with Crippen molar-refractivity contribution in [1.29, 1.82) is 0 Å². The molecule has 0 saturated carbocycles. The van der Waals surface area contributed by atoms with Gasteiger partial charge in [-0.15, -0.1) is 0 Å². The molecule has 1 rings (SSSR count). The van der Waals surface area contributed by atoms with E-state index in [4.69, 9.17) is 16.7 Å². The number of amides is 2. The van der Waals surface area contributed by atoms with Crippen LogP contribution in [0.15, 0.2) is 18.2 Å². The predicted octanol–water partition coefficient (Wildman–Crippen LogP) is 2.07. The summed E-state index contributed by atoms with van der Waals surface area (Å²) in [4.78, 5) is 21.8. The molecule has 3 N–H and O–H groups in total. The molecule has 0 fully saturated rings. The Labute approximate surface area is 102 Å². The zero-order valence-corrected chi connectivity index (χ0v) is 9.58. The Morgan fingerprint density at radius 2 is 2.12 bits per heavy atom. The molecule has 17 heavy (non-hydrogen) atoms. The third-order valence-electron chi connectivity index (χ3n) is 1.92. The van der Waals surface area contributed by atoms with E-state index in [1.807, 2.05) is 0 Å². The number of nitrogens with one attached hydrogen (secondary N) is 2. The fraction of sp³-hybridized carbons (Fsp3) is 0.200. The van der Waals surface area contributed by atoms with Crippen LogP contribution in [0.4, 0.5) is 14.9 Å². The Balaban J connectivity index is 2.72. The van der Waals surface area contributed by atoms with Gasteiger partial charge < -0.3 is 15.7 Å². The quantitative estimate of drug-likeness (QED) is 0.778. The van der Waals surface area contributed by atoms with Gasteiger partial charge in [-0.25, -0.2) is 9.18 Å². The first-order chi connectivity index (χ1) is 7.91. The van der Waals surface area contributed by atoms with Gasteiger partial charge in [0.05, 0.1) is 10.7 Å². The lowest BCUT2D eigenvalue weighted by Crippen LogP contribution is -2.41. The molecule has 1 atom stereocenters. The number of urea groups is 1. The number of carboxylic acid groups (broad SMARTS) is 1. The molecular weight excluding hydrogens is 251 g/mol. The summed E-state index contributed by atoms with van der Waals surface area (Å²) in [7, 11) is 0. The minimum absolute atomic E-state index is 0.0307. The maximum absolute atomic E-state index is 13.3. The van der Waals surface area contributed by atoms with E-state index in [9.17, 15) is 14.0 Å². The van der Waals surface area contributed by atoms with Gasteiger partial charge >= 0.3 is 12.0 Å². The van der Waals surface area contributed by atoms with Crippen molar-refractivity contribution in [3.05, 3.63) is 29.0 Å². The molecule has 7 heteroatoms. The van der Waals surface area contributed by atoms with E-state index in [-0.39, 0.29) is 10.7 Å². The Hall–Kier alpha value is -1.82. The first-order valence-electron chi connectivity index (χ1n) is 4.66. The molecule has 1 aromatic carbocycles. The summed E-state index contributed by atoms with van der Waals surface area (Å²) in [5.41, 5.74) is -0.191. The minimum atomic E-state index is -1.19. The van der Waals surface area contributed by atoms with E-state index >= 15 is 0 Å². The van der Waals surface area contributed by atoms with Crippen molar-refractivity contribution in [1.82, 2.24) is 5.32 Å². The summed E-state index contributed by atoms with van der Waals surface area (Å²) >= 11 is 5.67. The van der Waals surface area contributed by atoms with Crippen LogP contribution in [0.3, 0.4) is 0 Å². The van der Waals surface area contributed by atoms with E-state index in [1.165, 1.54) is 19.1 Å². The molecule has 5 nitrogen and oxygen atoms in total. The number of hydrogen-bond donors (Lipinski definition) is 3. The lowest BCUT2D eigenvalue weighted by Gasteiger charge is -2.12. The molecule has 0 bridgehead atoms. The monoisotopic (exact) mass is 260 g/mol. The highest BCUT2D eigenvalue weighted by Gasteiger charge is 2.16. The van der Waals surface area contributed by atoms with Crippen molar-refractivity contribution in [3.63, 3.8) is 0 Å². The van der Waals surface area contributed by atoms with E-state index in [1.54, 1.807) is 0 Å². The number of hydrogen-bond acceptors (Lipinski definition) is 2.